The Morgan fingerprint density at radius 2 is 1.89 bits per heavy atom. The van der Waals surface area contributed by atoms with Crippen LogP contribution in [0.4, 0.5) is 11.5 Å². The average molecular weight is 522 g/mol. The van der Waals surface area contributed by atoms with E-state index >= 15 is 0 Å². The van der Waals surface area contributed by atoms with Crippen LogP contribution in [0.1, 0.15) is 53.3 Å². The van der Waals surface area contributed by atoms with Crippen molar-refractivity contribution in [2.75, 3.05) is 24.6 Å². The summed E-state index contributed by atoms with van der Waals surface area (Å²) in [4.78, 5) is 35.8. The Balaban J connectivity index is 1.73. The zero-order valence-corrected chi connectivity index (χ0v) is 21.0. The highest BCUT2D eigenvalue weighted by molar-refractivity contribution is 7.91. The molecule has 0 radical (unpaired) electrons. The van der Waals surface area contributed by atoms with Crippen LogP contribution in [0, 0.1) is 0 Å². The quantitative estimate of drug-likeness (QED) is 0.347. The summed E-state index contributed by atoms with van der Waals surface area (Å²) >= 11 is 6.28. The molecule has 1 amide bonds. The van der Waals surface area contributed by atoms with Crippen LogP contribution >= 0.6 is 11.6 Å². The van der Waals surface area contributed by atoms with Crippen molar-refractivity contribution in [1.82, 2.24) is 24.0 Å². The smallest absolute Gasteiger partial charge is 0.323 e. The van der Waals surface area contributed by atoms with Crippen molar-refractivity contribution in [2.24, 2.45) is 0 Å². The van der Waals surface area contributed by atoms with E-state index in [2.05, 4.69) is 14.7 Å². The molecule has 0 aliphatic heterocycles. The van der Waals surface area contributed by atoms with Crippen LogP contribution in [0.15, 0.2) is 35.1 Å². The van der Waals surface area contributed by atoms with Crippen molar-refractivity contribution in [3.8, 4) is 0 Å². The molecule has 13 heteroatoms. The van der Waals surface area contributed by atoms with Crippen molar-refractivity contribution >= 4 is 45.0 Å². The molecule has 2 heterocycles. The minimum atomic E-state index is -4.32. The molecular weight excluding hydrogens is 494 g/mol. The van der Waals surface area contributed by atoms with E-state index in [0.29, 0.717) is 12.2 Å². The summed E-state index contributed by atoms with van der Waals surface area (Å²) < 4.78 is 30.4. The van der Waals surface area contributed by atoms with E-state index in [1.54, 1.807) is 18.2 Å². The first-order valence-electron chi connectivity index (χ1n) is 11.2. The third-order valence-electron chi connectivity index (χ3n) is 5.95. The van der Waals surface area contributed by atoms with Gasteiger partial charge >= 0.3 is 10.2 Å². The number of aromatic amines is 1. The number of H-pyrrole nitrogens is 1. The van der Waals surface area contributed by atoms with Crippen LogP contribution in [0.5, 0.6) is 0 Å². The molecule has 4 rings (SSSR count). The molecule has 0 bridgehead atoms. The van der Waals surface area contributed by atoms with Crippen LogP contribution in [0.25, 0.3) is 5.78 Å². The van der Waals surface area contributed by atoms with Crippen LogP contribution < -0.4 is 20.7 Å². The normalized spacial score (nSPS) is 18.6. The minimum Gasteiger partial charge on any atom is -0.383 e. The lowest BCUT2D eigenvalue weighted by Crippen LogP contribution is -2.39. The lowest BCUT2D eigenvalue weighted by atomic mass is 9.86. The van der Waals surface area contributed by atoms with E-state index in [-0.39, 0.29) is 28.6 Å². The van der Waals surface area contributed by atoms with Crippen LogP contribution in [-0.4, -0.2) is 53.1 Å². The molecule has 0 spiro atoms. The first kappa shape index (κ1) is 25.0. The zero-order chi connectivity index (χ0) is 25.3. The van der Waals surface area contributed by atoms with Crippen LogP contribution in [-0.2, 0) is 16.8 Å². The summed E-state index contributed by atoms with van der Waals surface area (Å²) in [6, 6.07) is 8.03. The van der Waals surface area contributed by atoms with Gasteiger partial charge in [-0.3, -0.25) is 14.3 Å². The second kappa shape index (κ2) is 9.88. The van der Waals surface area contributed by atoms with Gasteiger partial charge in [-0.2, -0.15) is 13.4 Å². The second-order valence-corrected chi connectivity index (χ2v) is 10.9. The number of hydrogen-bond donors (Lipinski definition) is 4. The van der Waals surface area contributed by atoms with Gasteiger partial charge in [-0.1, -0.05) is 18.2 Å². The number of fused-ring (bicyclic) bond motifs is 1. The molecule has 1 aromatic carbocycles. The molecule has 11 nitrogen and oxygen atoms in total. The van der Waals surface area contributed by atoms with Gasteiger partial charge in [0.15, 0.2) is 0 Å². The Kier molecular flexibility index (Phi) is 7.06. The number of carbonyl (C=O) groups is 1. The van der Waals surface area contributed by atoms with E-state index < -0.39 is 27.2 Å². The molecule has 3 aromatic rings. The van der Waals surface area contributed by atoms with E-state index in [4.69, 9.17) is 17.3 Å². The first-order chi connectivity index (χ1) is 16.6. The Hall–Kier alpha value is -3.09. The van der Waals surface area contributed by atoms with Crippen molar-refractivity contribution in [3.63, 3.8) is 0 Å². The topological polar surface area (TPSA) is 155 Å². The number of nitrogens with two attached hydrogens (primary N) is 1. The average Bonchev–Trinajstić information content (AvgIpc) is 3.11. The fourth-order valence-electron chi connectivity index (χ4n) is 4.39. The van der Waals surface area contributed by atoms with Crippen molar-refractivity contribution in [2.45, 2.75) is 43.5 Å². The number of nitrogens with zero attached hydrogens (tertiary/aromatic N) is 3. The summed E-state index contributed by atoms with van der Waals surface area (Å²) in [5, 5.41) is 0.131. The maximum atomic E-state index is 13.5. The number of amides is 1. The molecule has 188 valence electrons. The molecule has 0 unspecified atom stereocenters. The number of halogens is 1. The van der Waals surface area contributed by atoms with Gasteiger partial charge in [0.05, 0.1) is 11.4 Å². The predicted molar refractivity (Wildman–Crippen MR) is 135 cm³/mol. The number of alkyl halides is 1. The fraction of sp³-hybridized carbons (Fsp3) is 0.409. The van der Waals surface area contributed by atoms with E-state index in [1.807, 2.05) is 23.7 Å². The number of para-hydroxylation sites is 1. The van der Waals surface area contributed by atoms with Crippen LogP contribution in [0.2, 0.25) is 0 Å². The van der Waals surface area contributed by atoms with Gasteiger partial charge in [-0.25, -0.2) is 9.12 Å². The van der Waals surface area contributed by atoms with Gasteiger partial charge in [0.1, 0.15) is 11.4 Å². The summed E-state index contributed by atoms with van der Waals surface area (Å²) in [7, 11) is -0.596. The predicted octanol–water partition coefficient (Wildman–Crippen LogP) is 2.02. The molecule has 1 aliphatic rings. The minimum absolute atomic E-state index is 0.131. The number of imidazole rings is 1. The van der Waals surface area contributed by atoms with Gasteiger partial charge in [0.2, 0.25) is 5.78 Å². The summed E-state index contributed by atoms with van der Waals surface area (Å²) in [6.45, 7) is 0.399. The Bertz CT molecular complexity index is 1390. The number of carbonyl (C=O) groups excluding carboxylic acids is 1. The fourth-order valence-corrected chi connectivity index (χ4v) is 5.49. The number of nitrogen functional groups attached to an aromatic ring is 1. The molecule has 1 saturated carbocycles. The second-order valence-electron chi connectivity index (χ2n) is 8.91. The van der Waals surface area contributed by atoms with Crippen LogP contribution in [0.3, 0.4) is 0 Å². The third kappa shape index (κ3) is 5.44. The molecular formula is C22H28ClN7O4S. The van der Waals surface area contributed by atoms with Gasteiger partial charge in [-0.15, -0.1) is 11.6 Å². The van der Waals surface area contributed by atoms with Gasteiger partial charge in [0, 0.05) is 23.5 Å². The standard InChI is InChI=1S/C22H28ClN7O4S/c1-29(2)12-16-18(13-8-10-14(23)11-9-13)25-22-26-19(24)17(21(32)30(16)22)20(31)28-35(33,34)27-15-6-4-3-5-7-15/h3-7,13-14,27H,8-12,24H2,1-2H3,(H,25,26)(H,28,31). The van der Waals surface area contributed by atoms with Gasteiger partial charge in [0.25, 0.3) is 11.5 Å². The van der Waals surface area contributed by atoms with Crippen molar-refractivity contribution < 1.29 is 13.2 Å². The van der Waals surface area contributed by atoms with Gasteiger partial charge in [-0.05, 0) is 51.9 Å². The summed E-state index contributed by atoms with van der Waals surface area (Å²) in [5.41, 5.74) is 6.43. The lowest BCUT2D eigenvalue weighted by Gasteiger charge is -2.25. The highest BCUT2D eigenvalue weighted by Gasteiger charge is 2.29. The Morgan fingerprint density at radius 3 is 2.51 bits per heavy atom. The largest absolute Gasteiger partial charge is 0.383 e. The van der Waals surface area contributed by atoms with E-state index in [9.17, 15) is 18.0 Å². The Labute approximate surface area is 207 Å². The molecule has 2 aromatic heterocycles. The highest BCUT2D eigenvalue weighted by Crippen LogP contribution is 2.36. The highest BCUT2D eigenvalue weighted by atomic mass is 35.5. The number of nitrogens with one attached hydrogen (secondary N) is 3. The van der Waals surface area contributed by atoms with E-state index in [1.165, 1.54) is 16.5 Å². The summed E-state index contributed by atoms with van der Waals surface area (Å²) in [5.74, 6) is -1.18. The SMILES string of the molecule is CN(C)Cc1c(C2CCC(Cl)CC2)[nH]c2nc(N)c(C(=O)NS(=O)(=O)Nc3ccccc3)c(=O)n12. The Morgan fingerprint density at radius 1 is 1.23 bits per heavy atom. The molecule has 1 fully saturated rings. The van der Waals surface area contributed by atoms with E-state index in [0.717, 1.165) is 31.4 Å². The molecule has 1 aliphatic carbocycles. The number of aromatic nitrogens is 3. The first-order valence-corrected chi connectivity index (χ1v) is 13.1. The number of hydrogen-bond acceptors (Lipinski definition) is 7. The lowest BCUT2D eigenvalue weighted by molar-refractivity contribution is 0.0980. The van der Waals surface area contributed by atoms with Crippen molar-refractivity contribution in [3.05, 3.63) is 57.6 Å². The maximum absolute atomic E-state index is 13.5. The molecule has 35 heavy (non-hydrogen) atoms. The van der Waals surface area contributed by atoms with Gasteiger partial charge < -0.3 is 15.6 Å². The monoisotopic (exact) mass is 521 g/mol. The maximum Gasteiger partial charge on any atom is 0.323 e. The molecule has 5 N–H and O–H groups in total. The summed E-state index contributed by atoms with van der Waals surface area (Å²) in [6.07, 6.45) is 3.41. The van der Waals surface area contributed by atoms with Crippen molar-refractivity contribution in [1.29, 1.82) is 0 Å². The molecule has 0 saturated heterocycles. The number of rotatable bonds is 7. The number of anilines is 2. The third-order valence-corrected chi connectivity index (χ3v) is 7.34. The zero-order valence-electron chi connectivity index (χ0n) is 19.4. The molecule has 0 atom stereocenters. The number of benzene rings is 1.